The Bertz CT molecular complexity index is 925. The zero-order valence-electron chi connectivity index (χ0n) is 14.9. The van der Waals surface area contributed by atoms with E-state index >= 15 is 0 Å². The van der Waals surface area contributed by atoms with Crippen molar-refractivity contribution >= 4 is 33.5 Å². The fraction of sp³-hybridized carbons (Fsp3) is 0.294. The molecule has 2 aromatic rings. The van der Waals surface area contributed by atoms with Crippen LogP contribution < -0.4 is 5.32 Å². The number of benzene rings is 1. The Kier molecular flexibility index (Phi) is 6.63. The van der Waals surface area contributed by atoms with Crippen LogP contribution in [0.25, 0.3) is 0 Å². The second kappa shape index (κ2) is 8.55. The van der Waals surface area contributed by atoms with E-state index in [0.717, 1.165) is 10.4 Å². The predicted octanol–water partition coefficient (Wildman–Crippen LogP) is 2.04. The highest BCUT2D eigenvalue weighted by atomic mass is 35.5. The molecule has 1 heterocycles. The van der Waals surface area contributed by atoms with Crippen LogP contribution >= 0.6 is 11.6 Å². The van der Waals surface area contributed by atoms with E-state index in [4.69, 9.17) is 20.8 Å². The largest absolute Gasteiger partial charge is 0.467 e. The second-order valence-electron chi connectivity index (χ2n) is 5.77. The van der Waals surface area contributed by atoms with Crippen LogP contribution in [0.15, 0.2) is 45.9 Å². The van der Waals surface area contributed by atoms with Crippen molar-refractivity contribution in [3.05, 3.63) is 52.9 Å². The summed E-state index contributed by atoms with van der Waals surface area (Å²) in [5.41, 5.74) is -0.148. The Morgan fingerprint density at radius 3 is 2.59 bits per heavy atom. The summed E-state index contributed by atoms with van der Waals surface area (Å²) in [6, 6.07) is 7.06. The Hall–Kier alpha value is -2.36. The number of halogens is 1. The van der Waals surface area contributed by atoms with Gasteiger partial charge in [-0.2, -0.15) is 0 Å². The zero-order chi connectivity index (χ0) is 20.2. The van der Waals surface area contributed by atoms with Crippen LogP contribution in [0.5, 0.6) is 0 Å². The molecule has 2 rings (SSSR count). The number of rotatable bonds is 7. The normalized spacial score (nSPS) is 12.6. The third kappa shape index (κ3) is 5.09. The first-order valence-corrected chi connectivity index (χ1v) is 9.68. The van der Waals surface area contributed by atoms with E-state index in [9.17, 15) is 18.0 Å². The van der Waals surface area contributed by atoms with Gasteiger partial charge in [0.2, 0.25) is 10.0 Å². The van der Waals surface area contributed by atoms with Crippen molar-refractivity contribution in [2.75, 3.05) is 14.1 Å². The molecule has 0 aliphatic carbocycles. The van der Waals surface area contributed by atoms with E-state index in [1.54, 1.807) is 12.1 Å². The van der Waals surface area contributed by atoms with Gasteiger partial charge < -0.3 is 14.5 Å². The molecule has 10 heteroatoms. The van der Waals surface area contributed by atoms with Crippen molar-refractivity contribution in [3.8, 4) is 0 Å². The molecule has 27 heavy (non-hydrogen) atoms. The first kappa shape index (κ1) is 20.9. The number of ether oxygens (including phenoxy) is 1. The maximum atomic E-state index is 12.3. The third-order valence-corrected chi connectivity index (χ3v) is 5.75. The van der Waals surface area contributed by atoms with Crippen LogP contribution in [0.3, 0.4) is 0 Å². The molecule has 1 aromatic carbocycles. The number of amides is 1. The quantitative estimate of drug-likeness (QED) is 0.695. The van der Waals surface area contributed by atoms with E-state index in [-0.39, 0.29) is 22.0 Å². The van der Waals surface area contributed by atoms with Gasteiger partial charge in [0.25, 0.3) is 5.91 Å². The van der Waals surface area contributed by atoms with Crippen LogP contribution in [0.2, 0.25) is 5.02 Å². The number of hydrogen-bond donors (Lipinski definition) is 1. The first-order chi connectivity index (χ1) is 12.6. The Labute approximate surface area is 162 Å². The highest BCUT2D eigenvalue weighted by molar-refractivity contribution is 7.89. The molecule has 1 unspecified atom stereocenters. The van der Waals surface area contributed by atoms with Crippen molar-refractivity contribution in [2.24, 2.45) is 0 Å². The van der Waals surface area contributed by atoms with Crippen LogP contribution in [0, 0.1) is 0 Å². The van der Waals surface area contributed by atoms with Gasteiger partial charge in [-0.1, -0.05) is 11.6 Å². The van der Waals surface area contributed by atoms with Gasteiger partial charge in [-0.05, 0) is 37.3 Å². The number of nitrogens with zero attached hydrogens (tertiary/aromatic N) is 1. The fourth-order valence-corrected chi connectivity index (χ4v) is 3.16. The fourth-order valence-electron chi connectivity index (χ4n) is 2.04. The topological polar surface area (TPSA) is 106 Å². The van der Waals surface area contributed by atoms with Crippen LogP contribution in [0.1, 0.15) is 23.0 Å². The Morgan fingerprint density at radius 2 is 2.00 bits per heavy atom. The minimum atomic E-state index is -3.75. The molecular weight excluding hydrogens is 396 g/mol. The van der Waals surface area contributed by atoms with Gasteiger partial charge in [0, 0.05) is 14.1 Å². The second-order valence-corrected chi connectivity index (χ2v) is 8.33. The lowest BCUT2D eigenvalue weighted by atomic mass is 10.2. The van der Waals surface area contributed by atoms with Gasteiger partial charge in [-0.3, -0.25) is 4.79 Å². The summed E-state index contributed by atoms with van der Waals surface area (Å²) in [5, 5.41) is 2.58. The molecule has 1 N–H and O–H groups in total. The van der Waals surface area contributed by atoms with E-state index in [1.807, 2.05) is 0 Å². The molecule has 0 spiro atoms. The van der Waals surface area contributed by atoms with Crippen molar-refractivity contribution in [1.82, 2.24) is 9.62 Å². The molecule has 1 atom stereocenters. The minimum Gasteiger partial charge on any atom is -0.467 e. The number of nitrogens with one attached hydrogen (secondary N) is 1. The van der Waals surface area contributed by atoms with Gasteiger partial charge in [0.15, 0.2) is 6.10 Å². The highest BCUT2D eigenvalue weighted by Gasteiger charge is 2.24. The number of furan rings is 1. The van der Waals surface area contributed by atoms with E-state index < -0.39 is 28.0 Å². The molecule has 1 aromatic heterocycles. The van der Waals surface area contributed by atoms with E-state index in [0.29, 0.717) is 5.76 Å². The molecule has 146 valence electrons. The lowest BCUT2D eigenvalue weighted by Gasteiger charge is -2.15. The van der Waals surface area contributed by atoms with Gasteiger partial charge in [0.1, 0.15) is 5.76 Å². The third-order valence-electron chi connectivity index (χ3n) is 3.61. The molecule has 0 aliphatic heterocycles. The maximum absolute atomic E-state index is 12.3. The van der Waals surface area contributed by atoms with Crippen LogP contribution in [-0.2, 0) is 26.1 Å². The Morgan fingerprint density at radius 1 is 1.30 bits per heavy atom. The van der Waals surface area contributed by atoms with Crippen molar-refractivity contribution in [2.45, 2.75) is 24.5 Å². The first-order valence-electron chi connectivity index (χ1n) is 7.86. The molecule has 0 bridgehead atoms. The van der Waals surface area contributed by atoms with Gasteiger partial charge in [0.05, 0.1) is 28.3 Å². The molecule has 0 aliphatic rings. The molecular formula is C17H19ClN2O6S. The number of carbonyl (C=O) groups excluding carboxylic acids is 2. The number of sulfonamides is 1. The minimum absolute atomic E-state index is 0.0147. The number of hydrogen-bond acceptors (Lipinski definition) is 6. The van der Waals surface area contributed by atoms with Crippen LogP contribution in [-0.4, -0.2) is 44.8 Å². The molecule has 1 amide bonds. The van der Waals surface area contributed by atoms with E-state index in [1.165, 1.54) is 39.4 Å². The summed E-state index contributed by atoms with van der Waals surface area (Å²) in [6.45, 7) is 1.54. The van der Waals surface area contributed by atoms with Crippen molar-refractivity contribution < 1.29 is 27.2 Å². The summed E-state index contributed by atoms with van der Waals surface area (Å²) in [6.07, 6.45) is 0.361. The summed E-state index contributed by atoms with van der Waals surface area (Å²) in [4.78, 5) is 24.3. The van der Waals surface area contributed by atoms with Gasteiger partial charge in [-0.15, -0.1) is 0 Å². The average molecular weight is 415 g/mol. The molecule has 8 nitrogen and oxygen atoms in total. The Balaban J connectivity index is 2.09. The maximum Gasteiger partial charge on any atom is 0.340 e. The summed E-state index contributed by atoms with van der Waals surface area (Å²) < 4.78 is 35.6. The zero-order valence-corrected chi connectivity index (χ0v) is 16.5. The summed E-state index contributed by atoms with van der Waals surface area (Å²) >= 11 is 5.99. The number of carbonyl (C=O) groups is 2. The van der Waals surface area contributed by atoms with Gasteiger partial charge >= 0.3 is 5.97 Å². The smallest absolute Gasteiger partial charge is 0.340 e. The molecule has 0 fully saturated rings. The lowest BCUT2D eigenvalue weighted by Crippen LogP contribution is -2.35. The lowest BCUT2D eigenvalue weighted by molar-refractivity contribution is -0.129. The number of esters is 1. The van der Waals surface area contributed by atoms with E-state index in [2.05, 4.69) is 5.32 Å². The SMILES string of the molecule is CC(OC(=O)c1cc(S(=O)(=O)N(C)C)ccc1Cl)C(=O)NCc1ccco1. The van der Waals surface area contributed by atoms with Crippen LogP contribution in [0.4, 0.5) is 0 Å². The summed E-state index contributed by atoms with van der Waals surface area (Å²) in [7, 11) is -1.01. The standard InChI is InChI=1S/C17H19ClN2O6S/c1-11(16(21)19-10-12-5-4-8-25-12)26-17(22)14-9-13(6-7-15(14)18)27(23,24)20(2)3/h4-9,11H,10H2,1-3H3,(H,19,21). The average Bonchev–Trinajstić information content (AvgIpc) is 3.13. The monoisotopic (exact) mass is 414 g/mol. The molecule has 0 radical (unpaired) electrons. The molecule has 0 saturated carbocycles. The highest BCUT2D eigenvalue weighted by Crippen LogP contribution is 2.23. The van der Waals surface area contributed by atoms with Crippen molar-refractivity contribution in [3.63, 3.8) is 0 Å². The summed E-state index contributed by atoms with van der Waals surface area (Å²) in [5.74, 6) is -0.893. The predicted molar refractivity (Wildman–Crippen MR) is 97.8 cm³/mol. The molecule has 0 saturated heterocycles. The van der Waals surface area contributed by atoms with Gasteiger partial charge in [-0.25, -0.2) is 17.5 Å². The van der Waals surface area contributed by atoms with Crippen molar-refractivity contribution in [1.29, 1.82) is 0 Å².